The fourth-order valence-corrected chi connectivity index (χ4v) is 5.05. The number of esters is 1. The van der Waals surface area contributed by atoms with Crippen molar-refractivity contribution in [2.24, 2.45) is 0 Å². The van der Waals surface area contributed by atoms with Gasteiger partial charge in [-0.2, -0.15) is 0 Å². The van der Waals surface area contributed by atoms with Crippen LogP contribution >= 0.6 is 11.3 Å². The van der Waals surface area contributed by atoms with Crippen LogP contribution in [0.1, 0.15) is 112 Å². The van der Waals surface area contributed by atoms with Gasteiger partial charge in [0.2, 0.25) is 5.91 Å². The lowest BCUT2D eigenvalue weighted by Crippen LogP contribution is -2.17. The fraction of sp³-hybridized carbons (Fsp3) is 0.739. The van der Waals surface area contributed by atoms with E-state index in [1.807, 2.05) is 13.8 Å². The van der Waals surface area contributed by atoms with Crippen molar-refractivity contribution >= 4 is 28.2 Å². The van der Waals surface area contributed by atoms with E-state index in [0.717, 1.165) is 44.1 Å². The molecule has 0 atom stereocenters. The first kappa shape index (κ1) is 22.9. The maximum absolute atomic E-state index is 12.6. The van der Waals surface area contributed by atoms with E-state index in [-0.39, 0.29) is 18.0 Å². The second kappa shape index (κ2) is 12.3. The van der Waals surface area contributed by atoms with Crippen LogP contribution in [0.2, 0.25) is 0 Å². The van der Waals surface area contributed by atoms with E-state index in [0.29, 0.717) is 17.0 Å². The molecule has 0 bridgehead atoms. The minimum absolute atomic E-state index is 0.0168. The normalized spacial score (nSPS) is 13.4. The Morgan fingerprint density at radius 1 is 1.00 bits per heavy atom. The van der Waals surface area contributed by atoms with Gasteiger partial charge in [0, 0.05) is 11.3 Å². The predicted octanol–water partition coefficient (Wildman–Crippen LogP) is 6.66. The molecule has 4 nitrogen and oxygen atoms in total. The summed E-state index contributed by atoms with van der Waals surface area (Å²) in [5, 5.41) is 3.72. The van der Waals surface area contributed by atoms with Crippen molar-refractivity contribution in [1.82, 2.24) is 0 Å². The van der Waals surface area contributed by atoms with Gasteiger partial charge in [-0.3, -0.25) is 4.79 Å². The van der Waals surface area contributed by atoms with Crippen molar-refractivity contribution in [1.29, 1.82) is 0 Å². The molecule has 0 saturated carbocycles. The van der Waals surface area contributed by atoms with Crippen molar-refractivity contribution in [3.8, 4) is 0 Å². The Morgan fingerprint density at radius 2 is 1.64 bits per heavy atom. The summed E-state index contributed by atoms with van der Waals surface area (Å²) in [5.74, 6) is -0.278. The largest absolute Gasteiger partial charge is 0.459 e. The van der Waals surface area contributed by atoms with Crippen LogP contribution in [0, 0.1) is 0 Å². The van der Waals surface area contributed by atoms with Gasteiger partial charge in [-0.15, -0.1) is 11.3 Å². The van der Waals surface area contributed by atoms with Crippen LogP contribution in [0.5, 0.6) is 0 Å². The maximum atomic E-state index is 12.6. The minimum atomic E-state index is -0.295. The Bertz CT molecular complexity index is 636. The van der Waals surface area contributed by atoms with Gasteiger partial charge >= 0.3 is 5.97 Å². The third-order valence-electron chi connectivity index (χ3n) is 5.23. The van der Waals surface area contributed by atoms with Crippen LogP contribution in [0.3, 0.4) is 0 Å². The number of hydrogen-bond acceptors (Lipinski definition) is 4. The lowest BCUT2D eigenvalue weighted by atomic mass is 9.95. The predicted molar refractivity (Wildman–Crippen MR) is 117 cm³/mol. The molecule has 5 heteroatoms. The Morgan fingerprint density at radius 3 is 2.32 bits per heavy atom. The Labute approximate surface area is 174 Å². The Kier molecular flexibility index (Phi) is 10.0. The molecule has 0 saturated heterocycles. The topological polar surface area (TPSA) is 55.4 Å². The molecule has 1 aliphatic rings. The number of rotatable bonds is 12. The third-order valence-corrected chi connectivity index (χ3v) is 6.44. The monoisotopic (exact) mass is 407 g/mol. The average molecular weight is 408 g/mol. The lowest BCUT2D eigenvalue weighted by molar-refractivity contribution is -0.116. The second-order valence-electron chi connectivity index (χ2n) is 8.14. The fourth-order valence-electron chi connectivity index (χ4n) is 3.75. The van der Waals surface area contributed by atoms with Crippen molar-refractivity contribution < 1.29 is 14.3 Å². The molecule has 1 aromatic heterocycles. The number of carbonyl (C=O) groups excluding carboxylic acids is 2. The highest BCUT2D eigenvalue weighted by Gasteiger charge is 2.27. The first-order valence-electron chi connectivity index (χ1n) is 11.2. The smallest absolute Gasteiger partial charge is 0.341 e. The zero-order valence-corrected chi connectivity index (χ0v) is 18.7. The van der Waals surface area contributed by atoms with Gasteiger partial charge < -0.3 is 10.1 Å². The molecule has 2 rings (SSSR count). The van der Waals surface area contributed by atoms with Gasteiger partial charge in [0.25, 0.3) is 0 Å². The molecule has 0 unspecified atom stereocenters. The summed E-state index contributed by atoms with van der Waals surface area (Å²) in [7, 11) is 0. The first-order valence-corrected chi connectivity index (χ1v) is 12.0. The SMILES string of the molecule is CCCCCCCCCCC(=O)Nc1sc2c(c1C(=O)OC(C)C)CCCC2. The molecule has 0 aliphatic heterocycles. The number of nitrogens with one attached hydrogen (secondary N) is 1. The molecule has 158 valence electrons. The third kappa shape index (κ3) is 7.23. The van der Waals surface area contributed by atoms with Gasteiger partial charge in [0.05, 0.1) is 11.7 Å². The molecule has 0 fully saturated rings. The standard InChI is InChI=1S/C23H37NO3S/c1-4-5-6-7-8-9-10-11-16-20(25)24-22-21(23(26)27-17(2)3)18-14-12-13-15-19(18)28-22/h17H,4-16H2,1-3H3,(H,24,25). The zero-order chi connectivity index (χ0) is 20.4. The number of amides is 1. The number of aryl methyl sites for hydroxylation is 1. The van der Waals surface area contributed by atoms with Crippen molar-refractivity contribution in [3.63, 3.8) is 0 Å². The van der Waals surface area contributed by atoms with Gasteiger partial charge in [0.15, 0.2) is 0 Å². The molecular weight excluding hydrogens is 370 g/mol. The van der Waals surface area contributed by atoms with E-state index >= 15 is 0 Å². The van der Waals surface area contributed by atoms with Crippen LogP contribution in [-0.2, 0) is 22.4 Å². The summed E-state index contributed by atoms with van der Waals surface area (Å²) in [6.45, 7) is 5.95. The number of hydrogen-bond donors (Lipinski definition) is 1. The molecule has 0 spiro atoms. The highest BCUT2D eigenvalue weighted by Crippen LogP contribution is 2.38. The summed E-state index contributed by atoms with van der Waals surface area (Å²) >= 11 is 1.57. The second-order valence-corrected chi connectivity index (χ2v) is 9.25. The van der Waals surface area contributed by atoms with Crippen LogP contribution in [0.15, 0.2) is 0 Å². The van der Waals surface area contributed by atoms with E-state index in [1.54, 1.807) is 11.3 Å². The summed E-state index contributed by atoms with van der Waals surface area (Å²) < 4.78 is 5.45. The molecule has 0 aromatic carbocycles. The van der Waals surface area contributed by atoms with Crippen molar-refractivity contribution in [3.05, 3.63) is 16.0 Å². The summed E-state index contributed by atoms with van der Waals surface area (Å²) in [6, 6.07) is 0. The number of ether oxygens (including phenoxy) is 1. The number of anilines is 1. The minimum Gasteiger partial charge on any atom is -0.459 e. The maximum Gasteiger partial charge on any atom is 0.341 e. The lowest BCUT2D eigenvalue weighted by Gasteiger charge is -2.14. The first-order chi connectivity index (χ1) is 13.5. The van der Waals surface area contributed by atoms with E-state index in [9.17, 15) is 9.59 Å². The van der Waals surface area contributed by atoms with Crippen molar-refractivity contribution in [2.45, 2.75) is 110 Å². The van der Waals surface area contributed by atoms with E-state index < -0.39 is 0 Å². The van der Waals surface area contributed by atoms with Crippen LogP contribution < -0.4 is 5.32 Å². The highest BCUT2D eigenvalue weighted by atomic mass is 32.1. The summed E-state index contributed by atoms with van der Waals surface area (Å²) in [4.78, 5) is 26.3. The van der Waals surface area contributed by atoms with Gasteiger partial charge in [0.1, 0.15) is 5.00 Å². The molecule has 1 N–H and O–H groups in total. The van der Waals surface area contributed by atoms with Gasteiger partial charge in [-0.05, 0) is 51.5 Å². The Balaban J connectivity index is 1.86. The quantitative estimate of drug-likeness (QED) is 0.311. The summed E-state index contributed by atoms with van der Waals surface area (Å²) in [6.07, 6.45) is 14.2. The number of unbranched alkanes of at least 4 members (excludes halogenated alkanes) is 7. The van der Waals surface area contributed by atoms with E-state index in [4.69, 9.17) is 4.74 Å². The zero-order valence-electron chi connectivity index (χ0n) is 17.9. The van der Waals surface area contributed by atoms with Gasteiger partial charge in [-0.1, -0.05) is 51.9 Å². The van der Waals surface area contributed by atoms with Gasteiger partial charge in [-0.25, -0.2) is 4.79 Å². The molecule has 28 heavy (non-hydrogen) atoms. The number of carbonyl (C=O) groups is 2. The van der Waals surface area contributed by atoms with E-state index in [2.05, 4.69) is 12.2 Å². The van der Waals surface area contributed by atoms with Crippen LogP contribution in [0.25, 0.3) is 0 Å². The highest BCUT2D eigenvalue weighted by molar-refractivity contribution is 7.17. The molecular formula is C23H37NO3S. The molecule has 1 amide bonds. The van der Waals surface area contributed by atoms with E-state index in [1.165, 1.54) is 43.4 Å². The van der Waals surface area contributed by atoms with Crippen molar-refractivity contribution in [2.75, 3.05) is 5.32 Å². The average Bonchev–Trinajstić information content (AvgIpc) is 3.01. The molecule has 1 aliphatic carbocycles. The molecule has 1 heterocycles. The molecule has 0 radical (unpaired) electrons. The van der Waals surface area contributed by atoms with Crippen LogP contribution in [0.4, 0.5) is 5.00 Å². The summed E-state index contributed by atoms with van der Waals surface area (Å²) in [5.41, 5.74) is 1.71. The Hall–Kier alpha value is -1.36. The number of fused-ring (bicyclic) bond motifs is 1. The van der Waals surface area contributed by atoms with Crippen LogP contribution in [-0.4, -0.2) is 18.0 Å². The number of thiophene rings is 1. The molecule has 1 aromatic rings.